The Morgan fingerprint density at radius 2 is 1.77 bits per heavy atom. The number of fused-ring (bicyclic) bond motifs is 1. The van der Waals surface area contributed by atoms with Gasteiger partial charge in [0, 0.05) is 11.8 Å². The number of rotatable bonds is 5. The number of carbonyl (C=O) groups is 1. The fourth-order valence-corrected chi connectivity index (χ4v) is 4.53. The SMILES string of the molecule is C[C@H]1C[C@@H](Sc2nnc(-c3nn(Cc4ccccc4)c(=O)c4ccccc34)o2)C(=O)O1. The number of nitrogens with zero attached hydrogens (tertiary/aromatic N) is 4. The molecule has 3 heterocycles. The molecule has 0 radical (unpaired) electrons. The third-order valence-electron chi connectivity index (χ3n) is 5.02. The summed E-state index contributed by atoms with van der Waals surface area (Å²) in [6, 6.07) is 16.8. The minimum absolute atomic E-state index is 0.125. The molecule has 31 heavy (non-hydrogen) atoms. The van der Waals surface area contributed by atoms with Gasteiger partial charge < -0.3 is 9.15 Å². The van der Waals surface area contributed by atoms with Crippen LogP contribution in [-0.4, -0.2) is 37.3 Å². The maximum absolute atomic E-state index is 13.0. The highest BCUT2D eigenvalue weighted by Crippen LogP contribution is 2.33. The van der Waals surface area contributed by atoms with Crippen LogP contribution in [0.15, 0.2) is 69.0 Å². The first-order valence-corrected chi connectivity index (χ1v) is 10.7. The molecule has 1 aliphatic rings. The fraction of sp³-hybridized carbons (Fsp3) is 0.227. The molecule has 1 saturated heterocycles. The summed E-state index contributed by atoms with van der Waals surface area (Å²) in [5.74, 6) is -0.0860. The molecule has 4 aromatic rings. The predicted molar refractivity (Wildman–Crippen MR) is 115 cm³/mol. The Morgan fingerprint density at radius 3 is 2.52 bits per heavy atom. The second-order valence-corrected chi connectivity index (χ2v) is 8.46. The first-order valence-electron chi connectivity index (χ1n) is 9.83. The van der Waals surface area contributed by atoms with Crippen molar-refractivity contribution < 1.29 is 13.9 Å². The van der Waals surface area contributed by atoms with E-state index in [0.29, 0.717) is 29.4 Å². The highest BCUT2D eigenvalue weighted by molar-refractivity contribution is 8.00. The lowest BCUT2D eigenvalue weighted by atomic mass is 10.1. The Bertz CT molecular complexity index is 1320. The minimum Gasteiger partial charge on any atom is -0.462 e. The lowest BCUT2D eigenvalue weighted by Gasteiger charge is -2.09. The number of cyclic esters (lactones) is 1. The van der Waals surface area contributed by atoms with Gasteiger partial charge in [-0.15, -0.1) is 10.2 Å². The van der Waals surface area contributed by atoms with E-state index in [1.807, 2.05) is 49.4 Å². The summed E-state index contributed by atoms with van der Waals surface area (Å²) in [7, 11) is 0. The Kier molecular flexibility index (Phi) is 5.03. The van der Waals surface area contributed by atoms with Crippen molar-refractivity contribution in [2.24, 2.45) is 0 Å². The van der Waals surface area contributed by atoms with Gasteiger partial charge in [-0.3, -0.25) is 9.59 Å². The van der Waals surface area contributed by atoms with Crippen molar-refractivity contribution in [3.63, 3.8) is 0 Å². The highest BCUT2D eigenvalue weighted by atomic mass is 32.2. The standard InChI is InChI=1S/C22H18N4O4S/c1-13-11-17(21(28)29-13)31-22-24-23-19(30-22)18-15-9-5-6-10-16(15)20(27)26(25-18)12-14-7-3-2-4-8-14/h2-10,13,17H,11-12H2,1H3/t13-,17+/m0/s1. The number of ether oxygens (including phenoxy) is 1. The normalized spacial score (nSPS) is 18.4. The van der Waals surface area contributed by atoms with Gasteiger partial charge in [0.05, 0.1) is 11.9 Å². The molecule has 0 bridgehead atoms. The van der Waals surface area contributed by atoms with Crippen LogP contribution in [0, 0.1) is 0 Å². The Balaban J connectivity index is 1.54. The minimum atomic E-state index is -0.375. The second kappa shape index (κ2) is 7.99. The summed E-state index contributed by atoms with van der Waals surface area (Å²) >= 11 is 1.18. The van der Waals surface area contributed by atoms with E-state index in [2.05, 4.69) is 15.3 Å². The van der Waals surface area contributed by atoms with Gasteiger partial charge in [0.15, 0.2) is 5.69 Å². The number of carbonyl (C=O) groups excluding carboxylic acids is 1. The van der Waals surface area contributed by atoms with Gasteiger partial charge in [0.25, 0.3) is 16.7 Å². The average Bonchev–Trinajstić information content (AvgIpc) is 3.37. The molecule has 9 heteroatoms. The third kappa shape index (κ3) is 3.84. The zero-order valence-electron chi connectivity index (χ0n) is 16.6. The Hall–Kier alpha value is -3.46. The molecule has 2 atom stereocenters. The Morgan fingerprint density at radius 1 is 1.03 bits per heavy atom. The molecule has 156 valence electrons. The van der Waals surface area contributed by atoms with Gasteiger partial charge in [0.1, 0.15) is 11.4 Å². The first kappa shape index (κ1) is 19.5. The zero-order chi connectivity index (χ0) is 21.4. The molecule has 8 nitrogen and oxygen atoms in total. The number of hydrogen-bond acceptors (Lipinski definition) is 8. The number of benzene rings is 2. The van der Waals surface area contributed by atoms with Gasteiger partial charge in [-0.05, 0) is 30.3 Å². The van der Waals surface area contributed by atoms with E-state index < -0.39 is 0 Å². The van der Waals surface area contributed by atoms with Crippen LogP contribution in [0.4, 0.5) is 0 Å². The van der Waals surface area contributed by atoms with E-state index in [0.717, 1.165) is 5.56 Å². The maximum atomic E-state index is 13.0. The molecule has 0 aliphatic carbocycles. The molecule has 0 saturated carbocycles. The largest absolute Gasteiger partial charge is 0.462 e. The van der Waals surface area contributed by atoms with E-state index in [1.54, 1.807) is 12.1 Å². The van der Waals surface area contributed by atoms with E-state index in [4.69, 9.17) is 9.15 Å². The van der Waals surface area contributed by atoms with Crippen molar-refractivity contribution >= 4 is 28.5 Å². The second-order valence-electron chi connectivity index (χ2n) is 7.31. The average molecular weight is 434 g/mol. The van der Waals surface area contributed by atoms with Crippen molar-refractivity contribution in [2.45, 2.75) is 36.5 Å². The number of thioether (sulfide) groups is 1. The summed E-state index contributed by atoms with van der Waals surface area (Å²) in [5.41, 5.74) is 1.18. The molecule has 2 aromatic heterocycles. The van der Waals surface area contributed by atoms with Crippen molar-refractivity contribution in [2.75, 3.05) is 0 Å². The summed E-state index contributed by atoms with van der Waals surface area (Å²) in [6.07, 6.45) is 0.462. The molecular weight excluding hydrogens is 416 g/mol. The van der Waals surface area contributed by atoms with E-state index in [1.165, 1.54) is 16.4 Å². The van der Waals surface area contributed by atoms with Gasteiger partial charge >= 0.3 is 5.97 Å². The van der Waals surface area contributed by atoms with Crippen LogP contribution in [0.5, 0.6) is 0 Å². The van der Waals surface area contributed by atoms with Crippen LogP contribution in [0.3, 0.4) is 0 Å². The van der Waals surface area contributed by atoms with Crippen LogP contribution in [0.1, 0.15) is 18.9 Å². The monoisotopic (exact) mass is 434 g/mol. The molecule has 0 N–H and O–H groups in total. The van der Waals surface area contributed by atoms with Crippen LogP contribution in [0.2, 0.25) is 0 Å². The van der Waals surface area contributed by atoms with Crippen LogP contribution >= 0.6 is 11.8 Å². The third-order valence-corrected chi connectivity index (χ3v) is 6.06. The van der Waals surface area contributed by atoms with Crippen molar-refractivity contribution in [1.82, 2.24) is 20.0 Å². The van der Waals surface area contributed by atoms with Crippen LogP contribution in [0.25, 0.3) is 22.4 Å². The molecule has 1 aliphatic heterocycles. The van der Waals surface area contributed by atoms with E-state index >= 15 is 0 Å². The van der Waals surface area contributed by atoms with Gasteiger partial charge in [-0.2, -0.15) is 5.10 Å². The predicted octanol–water partition coefficient (Wildman–Crippen LogP) is 3.29. The summed E-state index contributed by atoms with van der Waals surface area (Å²) in [5, 5.41) is 13.8. The zero-order valence-corrected chi connectivity index (χ0v) is 17.4. The molecule has 5 rings (SSSR count). The van der Waals surface area contributed by atoms with Gasteiger partial charge in [-0.25, -0.2) is 4.68 Å². The van der Waals surface area contributed by atoms with Gasteiger partial charge in [0.2, 0.25) is 0 Å². The lowest BCUT2D eigenvalue weighted by molar-refractivity contribution is -0.140. The lowest BCUT2D eigenvalue weighted by Crippen LogP contribution is -2.24. The van der Waals surface area contributed by atoms with E-state index in [-0.39, 0.29) is 34.0 Å². The number of hydrogen-bond donors (Lipinski definition) is 0. The molecule has 0 spiro atoms. The summed E-state index contributed by atoms with van der Waals surface area (Å²) in [4.78, 5) is 24.9. The molecule has 2 aromatic carbocycles. The quantitative estimate of drug-likeness (QED) is 0.441. The Labute approximate surface area is 181 Å². The first-order chi connectivity index (χ1) is 15.1. The van der Waals surface area contributed by atoms with Crippen molar-refractivity contribution in [3.05, 3.63) is 70.5 Å². The molecular formula is C22H18N4O4S. The van der Waals surface area contributed by atoms with Crippen LogP contribution in [-0.2, 0) is 16.1 Å². The van der Waals surface area contributed by atoms with Crippen molar-refractivity contribution in [3.8, 4) is 11.6 Å². The summed E-state index contributed by atoms with van der Waals surface area (Å²) in [6.45, 7) is 2.17. The summed E-state index contributed by atoms with van der Waals surface area (Å²) < 4.78 is 12.4. The van der Waals surface area contributed by atoms with Gasteiger partial charge in [-0.1, -0.05) is 48.5 Å². The fourth-order valence-electron chi connectivity index (χ4n) is 3.55. The molecule has 1 fully saturated rings. The number of esters is 1. The van der Waals surface area contributed by atoms with Crippen molar-refractivity contribution in [1.29, 1.82) is 0 Å². The number of aromatic nitrogens is 4. The topological polar surface area (TPSA) is 100 Å². The maximum Gasteiger partial charge on any atom is 0.320 e. The molecule has 0 unspecified atom stereocenters. The smallest absolute Gasteiger partial charge is 0.320 e. The van der Waals surface area contributed by atoms with Crippen LogP contribution < -0.4 is 5.56 Å². The van der Waals surface area contributed by atoms with E-state index in [9.17, 15) is 9.59 Å². The highest BCUT2D eigenvalue weighted by Gasteiger charge is 2.34. The molecule has 0 amide bonds.